The van der Waals surface area contributed by atoms with Crippen molar-refractivity contribution in [2.75, 3.05) is 12.4 Å². The van der Waals surface area contributed by atoms with E-state index in [1.807, 2.05) is 12.1 Å². The number of nitrogens with one attached hydrogen (secondary N) is 2. The van der Waals surface area contributed by atoms with E-state index in [0.29, 0.717) is 15.9 Å². The Morgan fingerprint density at radius 2 is 1.92 bits per heavy atom. The van der Waals surface area contributed by atoms with Crippen molar-refractivity contribution in [3.8, 4) is 5.75 Å². The maximum Gasteiger partial charge on any atom is 0.171 e. The third-order valence-corrected chi connectivity index (χ3v) is 4.57. The molecule has 1 unspecified atom stereocenters. The Labute approximate surface area is 154 Å². The highest BCUT2D eigenvalue weighted by atomic mass is 35.5. The van der Waals surface area contributed by atoms with Gasteiger partial charge in [-0.1, -0.05) is 36.7 Å². The number of benzene rings is 2. The van der Waals surface area contributed by atoms with E-state index >= 15 is 0 Å². The lowest BCUT2D eigenvalue weighted by atomic mass is 9.99. The molecule has 5 heteroatoms. The highest BCUT2D eigenvalue weighted by Crippen LogP contribution is 2.27. The highest BCUT2D eigenvalue weighted by molar-refractivity contribution is 7.80. The first-order chi connectivity index (χ1) is 11.4. The van der Waals surface area contributed by atoms with Crippen LogP contribution in [0.2, 0.25) is 5.02 Å². The van der Waals surface area contributed by atoms with Crippen LogP contribution in [0.1, 0.15) is 36.1 Å². The molecular formula is C19H23ClN2OS. The second-order valence-corrected chi connectivity index (χ2v) is 6.57. The lowest BCUT2D eigenvalue weighted by Crippen LogP contribution is -2.32. The molecule has 0 heterocycles. The van der Waals surface area contributed by atoms with Crippen molar-refractivity contribution in [2.24, 2.45) is 0 Å². The number of hydrogen-bond donors (Lipinski definition) is 2. The molecule has 0 aromatic heterocycles. The molecule has 0 radical (unpaired) electrons. The average molecular weight is 363 g/mol. The molecule has 0 aliphatic rings. The summed E-state index contributed by atoms with van der Waals surface area (Å²) in [5, 5.41) is 7.67. The molecule has 0 fully saturated rings. The van der Waals surface area contributed by atoms with Gasteiger partial charge in [-0.25, -0.2) is 0 Å². The van der Waals surface area contributed by atoms with Crippen LogP contribution in [0, 0.1) is 13.8 Å². The molecular weight excluding hydrogens is 340 g/mol. The van der Waals surface area contributed by atoms with Crippen LogP contribution in [0.15, 0.2) is 36.4 Å². The molecule has 1 atom stereocenters. The van der Waals surface area contributed by atoms with Gasteiger partial charge in [0.25, 0.3) is 0 Å². The fourth-order valence-corrected chi connectivity index (χ4v) is 2.99. The van der Waals surface area contributed by atoms with Gasteiger partial charge in [-0.05, 0) is 67.4 Å². The molecule has 2 N–H and O–H groups in total. The first kappa shape index (κ1) is 18.6. The molecule has 0 bridgehead atoms. The van der Waals surface area contributed by atoms with E-state index in [2.05, 4.69) is 49.6 Å². The third-order valence-electron chi connectivity index (χ3n) is 4.06. The van der Waals surface area contributed by atoms with E-state index in [0.717, 1.165) is 12.1 Å². The van der Waals surface area contributed by atoms with Gasteiger partial charge in [0.05, 0.1) is 18.2 Å². The minimum atomic E-state index is 0.165. The maximum atomic E-state index is 6.15. The Morgan fingerprint density at radius 1 is 1.17 bits per heavy atom. The molecule has 0 aliphatic heterocycles. The lowest BCUT2D eigenvalue weighted by molar-refractivity contribution is 0.415. The smallest absolute Gasteiger partial charge is 0.171 e. The van der Waals surface area contributed by atoms with Crippen LogP contribution in [0.4, 0.5) is 5.69 Å². The normalized spacial score (nSPS) is 11.7. The topological polar surface area (TPSA) is 33.3 Å². The summed E-state index contributed by atoms with van der Waals surface area (Å²) in [6, 6.07) is 12.2. The summed E-state index contributed by atoms with van der Waals surface area (Å²) in [5.41, 5.74) is 4.64. The number of thiocarbonyl (C=S) groups is 1. The number of halogens is 1. The highest BCUT2D eigenvalue weighted by Gasteiger charge is 2.12. The van der Waals surface area contributed by atoms with Gasteiger partial charge >= 0.3 is 0 Å². The van der Waals surface area contributed by atoms with Gasteiger partial charge in [-0.2, -0.15) is 0 Å². The predicted molar refractivity (Wildman–Crippen MR) is 106 cm³/mol. The molecule has 2 rings (SSSR count). The summed E-state index contributed by atoms with van der Waals surface area (Å²) in [6.07, 6.45) is 0.938. The number of hydrogen-bond acceptors (Lipinski definition) is 2. The summed E-state index contributed by atoms with van der Waals surface area (Å²) >= 11 is 11.6. The molecule has 128 valence electrons. The summed E-state index contributed by atoms with van der Waals surface area (Å²) < 4.78 is 5.16. The third kappa shape index (κ3) is 4.62. The zero-order valence-electron chi connectivity index (χ0n) is 14.4. The minimum Gasteiger partial charge on any atom is -0.495 e. The zero-order valence-corrected chi connectivity index (χ0v) is 16.0. The molecule has 0 aliphatic carbocycles. The van der Waals surface area contributed by atoms with Crippen molar-refractivity contribution < 1.29 is 4.74 Å². The van der Waals surface area contributed by atoms with E-state index in [9.17, 15) is 0 Å². The van der Waals surface area contributed by atoms with Gasteiger partial charge in [0.1, 0.15) is 5.75 Å². The van der Waals surface area contributed by atoms with Crippen LogP contribution < -0.4 is 15.4 Å². The predicted octanol–water partition coefficient (Wildman–Crippen LogP) is 5.40. The number of ether oxygens (including phenoxy) is 1. The van der Waals surface area contributed by atoms with Crippen LogP contribution in [0.25, 0.3) is 0 Å². The van der Waals surface area contributed by atoms with Gasteiger partial charge in [0, 0.05) is 5.69 Å². The second-order valence-electron chi connectivity index (χ2n) is 5.75. The quantitative estimate of drug-likeness (QED) is 0.697. The molecule has 0 spiro atoms. The minimum absolute atomic E-state index is 0.165. The lowest BCUT2D eigenvalue weighted by Gasteiger charge is -2.21. The van der Waals surface area contributed by atoms with E-state index in [4.69, 9.17) is 28.6 Å². The Balaban J connectivity index is 2.06. The van der Waals surface area contributed by atoms with Crippen molar-refractivity contribution in [3.63, 3.8) is 0 Å². The summed E-state index contributed by atoms with van der Waals surface area (Å²) in [5.74, 6) is 0.641. The van der Waals surface area contributed by atoms with Crippen LogP contribution in [-0.2, 0) is 0 Å². The molecule has 2 aromatic rings. The van der Waals surface area contributed by atoms with Gasteiger partial charge in [0.2, 0.25) is 0 Å². The van der Waals surface area contributed by atoms with Gasteiger partial charge in [0.15, 0.2) is 5.11 Å². The van der Waals surface area contributed by atoms with Crippen LogP contribution in [0.3, 0.4) is 0 Å². The molecule has 0 saturated carbocycles. The fourth-order valence-electron chi connectivity index (χ4n) is 2.47. The number of aryl methyl sites for hydroxylation is 2. The maximum absolute atomic E-state index is 6.15. The van der Waals surface area contributed by atoms with Crippen molar-refractivity contribution in [2.45, 2.75) is 33.2 Å². The average Bonchev–Trinajstić information content (AvgIpc) is 2.55. The second kappa shape index (κ2) is 8.36. The molecule has 24 heavy (non-hydrogen) atoms. The number of methoxy groups -OCH3 is 1. The standard InChI is InChI=1S/C19H23ClN2OS/c1-5-17(14-7-6-12(2)13(3)10-14)22-19(24)21-15-8-9-18(23-4)16(20)11-15/h6-11,17H,5H2,1-4H3,(H2,21,22,24). The van der Waals surface area contributed by atoms with E-state index < -0.39 is 0 Å². The van der Waals surface area contributed by atoms with Crippen molar-refractivity contribution in [1.82, 2.24) is 5.32 Å². The largest absolute Gasteiger partial charge is 0.495 e. The zero-order chi connectivity index (χ0) is 17.7. The Hall–Kier alpha value is -1.78. The van der Waals surface area contributed by atoms with Crippen molar-refractivity contribution in [1.29, 1.82) is 0 Å². The Morgan fingerprint density at radius 3 is 2.50 bits per heavy atom. The van der Waals surface area contributed by atoms with E-state index in [1.54, 1.807) is 13.2 Å². The SMILES string of the molecule is CCC(NC(=S)Nc1ccc(OC)c(Cl)c1)c1ccc(C)c(C)c1. The molecule has 3 nitrogen and oxygen atoms in total. The van der Waals surface area contributed by atoms with Crippen molar-refractivity contribution in [3.05, 3.63) is 58.1 Å². The van der Waals surface area contributed by atoms with Gasteiger partial charge in [-0.15, -0.1) is 0 Å². The number of anilines is 1. The fraction of sp³-hybridized carbons (Fsp3) is 0.316. The van der Waals surface area contributed by atoms with E-state index in [1.165, 1.54) is 16.7 Å². The van der Waals surface area contributed by atoms with Crippen LogP contribution in [0.5, 0.6) is 5.75 Å². The van der Waals surface area contributed by atoms with Crippen LogP contribution in [-0.4, -0.2) is 12.2 Å². The molecule has 0 amide bonds. The first-order valence-electron chi connectivity index (χ1n) is 7.92. The first-order valence-corrected chi connectivity index (χ1v) is 8.71. The van der Waals surface area contributed by atoms with Crippen molar-refractivity contribution >= 4 is 34.6 Å². The molecule has 0 saturated heterocycles. The number of rotatable bonds is 5. The monoisotopic (exact) mass is 362 g/mol. The van der Waals surface area contributed by atoms with E-state index in [-0.39, 0.29) is 6.04 Å². The Kier molecular flexibility index (Phi) is 6.46. The summed E-state index contributed by atoms with van der Waals surface area (Å²) in [6.45, 7) is 6.38. The summed E-state index contributed by atoms with van der Waals surface area (Å²) in [4.78, 5) is 0. The Bertz CT molecular complexity index is 733. The van der Waals surface area contributed by atoms with Crippen LogP contribution >= 0.6 is 23.8 Å². The van der Waals surface area contributed by atoms with Gasteiger partial charge in [-0.3, -0.25) is 0 Å². The molecule has 2 aromatic carbocycles. The van der Waals surface area contributed by atoms with Gasteiger partial charge < -0.3 is 15.4 Å². The summed E-state index contributed by atoms with van der Waals surface area (Å²) in [7, 11) is 1.59.